The molecule has 1 aromatic heterocycles. The van der Waals surface area contributed by atoms with E-state index in [9.17, 15) is 9.59 Å². The van der Waals surface area contributed by atoms with Gasteiger partial charge in [-0.15, -0.1) is 0 Å². The van der Waals surface area contributed by atoms with Crippen molar-refractivity contribution in [3.05, 3.63) is 47.5 Å². The monoisotopic (exact) mass is 482 g/mol. The van der Waals surface area contributed by atoms with E-state index in [4.69, 9.17) is 4.74 Å². The Morgan fingerprint density at radius 2 is 1.94 bits per heavy atom. The van der Waals surface area contributed by atoms with Crippen molar-refractivity contribution >= 4 is 28.5 Å². The van der Waals surface area contributed by atoms with E-state index in [0.717, 1.165) is 11.1 Å². The molecule has 2 amide bonds. The van der Waals surface area contributed by atoms with Gasteiger partial charge >= 0.3 is 0 Å². The molecular formula is C26H28F2N4O3. The van der Waals surface area contributed by atoms with E-state index in [0.29, 0.717) is 51.0 Å². The molecule has 0 radical (unpaired) electrons. The number of morpholine rings is 1. The summed E-state index contributed by atoms with van der Waals surface area (Å²) in [5.41, 5.74) is 2.30. The van der Waals surface area contributed by atoms with Crippen LogP contribution in [0.2, 0.25) is 0 Å². The molecule has 0 bridgehead atoms. The largest absolute Gasteiger partial charge is 0.373 e. The maximum Gasteiger partial charge on any atom is 0.227 e. The first-order chi connectivity index (χ1) is 16.9. The van der Waals surface area contributed by atoms with Crippen molar-refractivity contribution in [2.45, 2.75) is 45.8 Å². The number of hydrogen-bond acceptors (Lipinski definition) is 4. The van der Waals surface area contributed by atoms with Gasteiger partial charge in [0, 0.05) is 38.2 Å². The molecular weight excluding hydrogens is 454 g/mol. The van der Waals surface area contributed by atoms with Gasteiger partial charge in [-0.2, -0.15) is 0 Å². The maximum absolute atomic E-state index is 15.4. The lowest BCUT2D eigenvalue weighted by Gasteiger charge is -2.33. The average Bonchev–Trinajstić information content (AvgIpc) is 3.41. The van der Waals surface area contributed by atoms with Crippen LogP contribution in [0.3, 0.4) is 0 Å². The molecule has 0 aliphatic carbocycles. The summed E-state index contributed by atoms with van der Waals surface area (Å²) in [7, 11) is 0. The lowest BCUT2D eigenvalue weighted by Crippen LogP contribution is -2.46. The molecule has 184 valence electrons. The number of benzene rings is 2. The first-order valence-electron chi connectivity index (χ1n) is 12.0. The summed E-state index contributed by atoms with van der Waals surface area (Å²) in [5.74, 6) is -1.49. The molecule has 7 nitrogen and oxygen atoms in total. The van der Waals surface area contributed by atoms with Crippen molar-refractivity contribution in [3.8, 4) is 11.4 Å². The van der Waals surface area contributed by atoms with Crippen LogP contribution in [0.5, 0.6) is 0 Å². The molecule has 0 saturated carbocycles. The van der Waals surface area contributed by atoms with Crippen molar-refractivity contribution in [2.75, 3.05) is 31.1 Å². The number of amides is 2. The van der Waals surface area contributed by atoms with E-state index in [1.807, 2.05) is 32.0 Å². The zero-order valence-corrected chi connectivity index (χ0v) is 19.9. The van der Waals surface area contributed by atoms with Crippen molar-refractivity contribution in [1.29, 1.82) is 0 Å². The summed E-state index contributed by atoms with van der Waals surface area (Å²) in [6.07, 6.45) is 1.11. The van der Waals surface area contributed by atoms with Gasteiger partial charge in [-0.1, -0.05) is 13.0 Å². The van der Waals surface area contributed by atoms with Gasteiger partial charge in [-0.05, 0) is 43.2 Å². The van der Waals surface area contributed by atoms with Crippen LogP contribution in [-0.2, 0) is 20.9 Å². The van der Waals surface area contributed by atoms with Gasteiger partial charge in [-0.3, -0.25) is 9.59 Å². The number of carbonyl (C=O) groups excluding carboxylic acids is 2. The molecule has 2 fully saturated rings. The number of ether oxygens (including phenoxy) is 1. The van der Waals surface area contributed by atoms with E-state index in [1.165, 1.54) is 17.0 Å². The quantitative estimate of drug-likeness (QED) is 0.550. The molecule has 2 saturated heterocycles. The second-order valence-corrected chi connectivity index (χ2v) is 9.16. The molecule has 2 aliphatic heterocycles. The third-order valence-corrected chi connectivity index (χ3v) is 6.72. The minimum Gasteiger partial charge on any atom is -0.373 e. The second kappa shape index (κ2) is 9.37. The number of rotatable bonds is 5. The maximum atomic E-state index is 15.4. The Morgan fingerprint density at radius 1 is 1.17 bits per heavy atom. The Bertz CT molecular complexity index is 1280. The van der Waals surface area contributed by atoms with Crippen molar-refractivity contribution < 1.29 is 23.1 Å². The first kappa shape index (κ1) is 23.4. The van der Waals surface area contributed by atoms with Gasteiger partial charge in [0.1, 0.15) is 17.5 Å². The number of nitrogens with zero attached hydrogens (tertiary/aromatic N) is 4. The van der Waals surface area contributed by atoms with Crippen LogP contribution < -0.4 is 4.90 Å². The van der Waals surface area contributed by atoms with Crippen LogP contribution in [0, 0.1) is 18.6 Å². The topological polar surface area (TPSA) is 67.7 Å². The van der Waals surface area contributed by atoms with Crippen LogP contribution in [0.25, 0.3) is 22.4 Å². The molecule has 0 spiro atoms. The third kappa shape index (κ3) is 4.40. The predicted octanol–water partition coefficient (Wildman–Crippen LogP) is 4.05. The fourth-order valence-corrected chi connectivity index (χ4v) is 4.95. The Hall–Kier alpha value is -3.33. The third-order valence-electron chi connectivity index (χ3n) is 6.72. The zero-order valence-electron chi connectivity index (χ0n) is 19.9. The summed E-state index contributed by atoms with van der Waals surface area (Å²) in [6.45, 7) is 5.81. The van der Waals surface area contributed by atoms with Crippen LogP contribution in [0.1, 0.15) is 31.7 Å². The van der Waals surface area contributed by atoms with Gasteiger partial charge in [-0.25, -0.2) is 13.8 Å². The Balaban J connectivity index is 1.56. The van der Waals surface area contributed by atoms with Gasteiger partial charge in [0.25, 0.3) is 0 Å². The fourth-order valence-electron chi connectivity index (χ4n) is 4.95. The summed E-state index contributed by atoms with van der Waals surface area (Å²) < 4.78 is 38.6. The number of anilines is 1. The number of imidazole rings is 1. The number of halogens is 2. The average molecular weight is 483 g/mol. The van der Waals surface area contributed by atoms with E-state index < -0.39 is 11.6 Å². The van der Waals surface area contributed by atoms with Gasteiger partial charge in [0.05, 0.1) is 35.9 Å². The van der Waals surface area contributed by atoms with Gasteiger partial charge in [0.2, 0.25) is 11.8 Å². The molecule has 2 aromatic carbocycles. The molecule has 5 rings (SSSR count). The minimum absolute atomic E-state index is 0.0498. The smallest absolute Gasteiger partial charge is 0.227 e. The van der Waals surface area contributed by atoms with Crippen LogP contribution in [0.15, 0.2) is 30.3 Å². The van der Waals surface area contributed by atoms with E-state index in [-0.39, 0.29) is 41.5 Å². The van der Waals surface area contributed by atoms with Crippen molar-refractivity contribution in [3.63, 3.8) is 0 Å². The van der Waals surface area contributed by atoms with Gasteiger partial charge in [0.15, 0.2) is 0 Å². The molecule has 3 heterocycles. The Morgan fingerprint density at radius 3 is 2.63 bits per heavy atom. The van der Waals surface area contributed by atoms with E-state index in [2.05, 4.69) is 4.98 Å². The van der Waals surface area contributed by atoms with Crippen molar-refractivity contribution in [2.24, 2.45) is 0 Å². The van der Waals surface area contributed by atoms with Crippen LogP contribution in [-0.4, -0.2) is 58.6 Å². The van der Waals surface area contributed by atoms with Crippen molar-refractivity contribution in [1.82, 2.24) is 14.5 Å². The number of hydrogen-bond donors (Lipinski definition) is 0. The lowest BCUT2D eigenvalue weighted by atomic mass is 10.1. The Kier molecular flexibility index (Phi) is 6.27. The van der Waals surface area contributed by atoms with Gasteiger partial charge < -0.3 is 19.1 Å². The highest BCUT2D eigenvalue weighted by atomic mass is 19.1. The SMILES string of the molecule is CCC(=O)N1CCO[C@@H](Cn2c(-c3c(F)cc(N4CCCC4=O)cc3F)nc3cc(C)ccc32)C1. The molecule has 0 N–H and O–H groups in total. The summed E-state index contributed by atoms with van der Waals surface area (Å²) in [5, 5.41) is 0. The Labute approximate surface area is 202 Å². The standard InChI is InChI=1S/C26H28F2N4O3/c1-3-23(33)30-9-10-35-18(14-30)15-32-22-7-6-16(2)11-21(22)29-26(32)25-19(27)12-17(13-20(25)28)31-8-4-5-24(31)34/h6-7,11-13,18H,3-5,8-10,14-15H2,1-2H3/t18-/m1/s1. The van der Waals surface area contributed by atoms with E-state index in [1.54, 1.807) is 9.47 Å². The first-order valence-corrected chi connectivity index (χ1v) is 12.0. The lowest BCUT2D eigenvalue weighted by molar-refractivity contribution is -0.138. The normalized spacial score (nSPS) is 18.6. The number of aromatic nitrogens is 2. The minimum atomic E-state index is -0.777. The molecule has 2 aliphatic rings. The van der Waals surface area contributed by atoms with Crippen LogP contribution in [0.4, 0.5) is 14.5 Å². The predicted molar refractivity (Wildman–Crippen MR) is 128 cm³/mol. The molecule has 0 unspecified atom stereocenters. The highest BCUT2D eigenvalue weighted by Crippen LogP contribution is 2.34. The molecule has 9 heteroatoms. The summed E-state index contributed by atoms with van der Waals surface area (Å²) in [6, 6.07) is 8.08. The van der Waals surface area contributed by atoms with E-state index >= 15 is 8.78 Å². The summed E-state index contributed by atoms with van der Waals surface area (Å²) >= 11 is 0. The molecule has 35 heavy (non-hydrogen) atoms. The zero-order chi connectivity index (χ0) is 24.7. The number of fused-ring (bicyclic) bond motifs is 1. The molecule has 3 aromatic rings. The van der Waals surface area contributed by atoms with Crippen LogP contribution >= 0.6 is 0 Å². The molecule has 1 atom stereocenters. The number of aryl methyl sites for hydroxylation is 1. The fraction of sp³-hybridized carbons (Fsp3) is 0.423. The second-order valence-electron chi connectivity index (χ2n) is 9.16. The number of carbonyl (C=O) groups is 2. The summed E-state index contributed by atoms with van der Waals surface area (Å²) in [4.78, 5) is 32.1. The highest BCUT2D eigenvalue weighted by Gasteiger charge is 2.29. The highest BCUT2D eigenvalue weighted by molar-refractivity contribution is 5.95.